The topological polar surface area (TPSA) is 0 Å². The standard InChI is InChI=1S/C20H34Cl8Si4/c1-11-17(13(3)29(7,21)22)19(15(5)31(9,25)26)12(2)20(16(6)32(10,27)28)18(11)14(4)30(8,23)24/h13-16H,1-10H3. The maximum absolute atomic E-state index is 6.80. The first kappa shape index (κ1) is 32.4. The number of rotatable bonds is 8. The summed E-state index contributed by atoms with van der Waals surface area (Å²) in [5, 5.41) is 0. The Kier molecular flexibility index (Phi) is 11.2. The molecule has 0 N–H and O–H groups in total. The Labute approximate surface area is 236 Å². The van der Waals surface area contributed by atoms with Gasteiger partial charge in [0.2, 0.25) is 0 Å². The SMILES string of the molecule is Cc1c(C(C)[Si](C)(Cl)Cl)c(C(C)[Si](C)(Cl)Cl)c(C)c(C(C)[Si](C)(Cl)Cl)c1C(C)[Si](C)(Cl)Cl. The van der Waals surface area contributed by atoms with E-state index in [2.05, 4.69) is 41.5 Å². The molecule has 4 unspecified atom stereocenters. The van der Waals surface area contributed by atoms with Crippen molar-refractivity contribution in [2.75, 3.05) is 0 Å². The zero-order valence-electron chi connectivity index (χ0n) is 20.3. The summed E-state index contributed by atoms with van der Waals surface area (Å²) in [6, 6.07) is 0. The van der Waals surface area contributed by atoms with Crippen LogP contribution >= 0.6 is 88.6 Å². The fourth-order valence-corrected chi connectivity index (χ4v) is 10.5. The molecule has 0 aromatic heterocycles. The number of halogens is 8. The highest BCUT2D eigenvalue weighted by Gasteiger charge is 2.45. The van der Waals surface area contributed by atoms with Crippen LogP contribution in [0.5, 0.6) is 0 Å². The van der Waals surface area contributed by atoms with E-state index in [0.717, 1.165) is 33.4 Å². The Morgan fingerprint density at radius 3 is 0.625 bits per heavy atom. The average Bonchev–Trinajstić information content (AvgIpc) is 2.57. The Bertz CT molecular complexity index is 700. The lowest BCUT2D eigenvalue weighted by molar-refractivity contribution is 0.865. The van der Waals surface area contributed by atoms with Crippen LogP contribution in [0.15, 0.2) is 0 Å². The first-order chi connectivity index (χ1) is 14.0. The summed E-state index contributed by atoms with van der Waals surface area (Å²) >= 11 is 54.4. The van der Waals surface area contributed by atoms with E-state index in [-0.39, 0.29) is 22.2 Å². The number of hydrogen-bond donors (Lipinski definition) is 0. The van der Waals surface area contributed by atoms with Crippen molar-refractivity contribution in [2.45, 2.75) is 89.9 Å². The highest BCUT2D eigenvalue weighted by Crippen LogP contribution is 2.51. The molecule has 186 valence electrons. The minimum absolute atomic E-state index is 0.0452. The molecule has 1 rings (SSSR count). The van der Waals surface area contributed by atoms with E-state index >= 15 is 0 Å². The van der Waals surface area contributed by atoms with Crippen LogP contribution in [0.3, 0.4) is 0 Å². The van der Waals surface area contributed by atoms with Crippen molar-refractivity contribution in [2.24, 2.45) is 0 Å². The Morgan fingerprint density at radius 2 is 0.531 bits per heavy atom. The summed E-state index contributed by atoms with van der Waals surface area (Å²) in [6.07, 6.45) is 0. The lowest BCUT2D eigenvalue weighted by Gasteiger charge is -2.38. The third-order valence-electron chi connectivity index (χ3n) is 6.97. The van der Waals surface area contributed by atoms with Crippen molar-refractivity contribution >= 4 is 115 Å². The largest absolute Gasteiger partial charge is 0.255 e. The molecule has 1 aromatic carbocycles. The third-order valence-corrected chi connectivity index (χ3v) is 22.1. The van der Waals surface area contributed by atoms with E-state index < -0.39 is 26.8 Å². The summed E-state index contributed by atoms with van der Waals surface area (Å²) in [5.41, 5.74) is 6.56. The molecule has 0 radical (unpaired) electrons. The second kappa shape index (κ2) is 11.0. The van der Waals surface area contributed by atoms with Gasteiger partial charge >= 0.3 is 0 Å². The van der Waals surface area contributed by atoms with Gasteiger partial charge in [0.05, 0.1) is 0 Å². The fraction of sp³-hybridized carbons (Fsp3) is 0.700. The van der Waals surface area contributed by atoms with Crippen molar-refractivity contribution in [1.82, 2.24) is 0 Å². The van der Waals surface area contributed by atoms with Crippen LogP contribution in [0.4, 0.5) is 0 Å². The third kappa shape index (κ3) is 7.25. The molecule has 0 bridgehead atoms. The Balaban J connectivity index is 4.36. The minimum atomic E-state index is -2.60. The summed E-state index contributed by atoms with van der Waals surface area (Å²) in [6.45, 7) is 10.0. The first-order valence-electron chi connectivity index (χ1n) is 10.6. The molecule has 0 amide bonds. The van der Waals surface area contributed by atoms with Crippen molar-refractivity contribution < 1.29 is 0 Å². The van der Waals surface area contributed by atoms with Gasteiger partial charge < -0.3 is 0 Å². The van der Waals surface area contributed by atoms with E-state index in [0.29, 0.717) is 0 Å². The van der Waals surface area contributed by atoms with Crippen LogP contribution in [0, 0.1) is 13.8 Å². The molecule has 0 spiro atoms. The van der Waals surface area contributed by atoms with E-state index in [1.165, 1.54) is 0 Å². The molecule has 0 fully saturated rings. The van der Waals surface area contributed by atoms with Gasteiger partial charge in [0.15, 0.2) is 0 Å². The fourth-order valence-electron chi connectivity index (χ4n) is 4.34. The van der Waals surface area contributed by atoms with Crippen LogP contribution in [-0.4, -0.2) is 26.8 Å². The molecule has 0 saturated carbocycles. The van der Waals surface area contributed by atoms with Gasteiger partial charge in [0, 0.05) is 22.2 Å². The molecule has 0 nitrogen and oxygen atoms in total. The zero-order chi connectivity index (χ0) is 25.8. The number of hydrogen-bond acceptors (Lipinski definition) is 0. The van der Waals surface area contributed by atoms with E-state index in [4.69, 9.17) is 88.6 Å². The average molecular weight is 670 g/mol. The summed E-state index contributed by atoms with van der Waals surface area (Å²) in [4.78, 5) is 0. The maximum Gasteiger partial charge on any atom is 0.255 e. The minimum Gasteiger partial charge on any atom is -0.145 e. The summed E-state index contributed by atoms with van der Waals surface area (Å²) < 4.78 is 0. The second-order valence-electron chi connectivity index (χ2n) is 9.62. The van der Waals surface area contributed by atoms with E-state index in [1.54, 1.807) is 0 Å². The quantitative estimate of drug-likeness (QED) is 0.191. The van der Waals surface area contributed by atoms with Gasteiger partial charge in [-0.05, 0) is 73.4 Å². The molecular weight excluding hydrogens is 636 g/mol. The highest BCUT2D eigenvalue weighted by molar-refractivity contribution is 7.46. The molecule has 12 heteroatoms. The van der Waals surface area contributed by atoms with Crippen molar-refractivity contribution in [3.05, 3.63) is 33.4 Å². The molecule has 0 saturated heterocycles. The molecule has 0 heterocycles. The normalized spacial score (nSPS) is 17.8. The monoisotopic (exact) mass is 666 g/mol. The molecular formula is C20H34Cl8Si4. The Hall–Kier alpha value is 2.41. The molecule has 0 aliphatic heterocycles. The van der Waals surface area contributed by atoms with Crippen LogP contribution in [0.1, 0.15) is 83.2 Å². The van der Waals surface area contributed by atoms with Gasteiger partial charge in [0.25, 0.3) is 26.8 Å². The smallest absolute Gasteiger partial charge is 0.145 e. The lowest BCUT2D eigenvalue weighted by atomic mass is 9.83. The van der Waals surface area contributed by atoms with Crippen LogP contribution in [-0.2, 0) is 0 Å². The summed E-state index contributed by atoms with van der Waals surface area (Å²) in [7, 11) is 0. The van der Waals surface area contributed by atoms with E-state index in [9.17, 15) is 0 Å². The second-order valence-corrected chi connectivity index (χ2v) is 41.9. The van der Waals surface area contributed by atoms with Crippen LogP contribution < -0.4 is 0 Å². The van der Waals surface area contributed by atoms with Gasteiger partial charge in [-0.2, -0.15) is 0 Å². The predicted molar refractivity (Wildman–Crippen MR) is 163 cm³/mol. The molecule has 4 atom stereocenters. The molecule has 0 aliphatic rings. The molecule has 0 aliphatic carbocycles. The highest BCUT2D eigenvalue weighted by atomic mass is 35.7. The number of benzene rings is 1. The van der Waals surface area contributed by atoms with Crippen molar-refractivity contribution in [3.63, 3.8) is 0 Å². The maximum atomic E-state index is 6.80. The van der Waals surface area contributed by atoms with Crippen molar-refractivity contribution in [3.8, 4) is 0 Å². The van der Waals surface area contributed by atoms with Gasteiger partial charge in [0.1, 0.15) is 0 Å². The van der Waals surface area contributed by atoms with Gasteiger partial charge in [-0.3, -0.25) is 0 Å². The van der Waals surface area contributed by atoms with Crippen molar-refractivity contribution in [1.29, 1.82) is 0 Å². The zero-order valence-corrected chi connectivity index (χ0v) is 30.4. The predicted octanol–water partition coefficient (Wildman–Crippen LogP) is 11.1. The van der Waals surface area contributed by atoms with Gasteiger partial charge in [-0.25, -0.2) is 0 Å². The van der Waals surface area contributed by atoms with Crippen LogP contribution in [0.25, 0.3) is 0 Å². The summed E-state index contributed by atoms with van der Waals surface area (Å²) in [5.74, 6) is 0. The Morgan fingerprint density at radius 1 is 0.406 bits per heavy atom. The first-order valence-corrected chi connectivity index (χ1v) is 29.0. The van der Waals surface area contributed by atoms with Gasteiger partial charge in [-0.1, -0.05) is 27.7 Å². The lowest BCUT2D eigenvalue weighted by Crippen LogP contribution is -2.35. The van der Waals surface area contributed by atoms with Gasteiger partial charge in [-0.15, -0.1) is 88.6 Å². The van der Waals surface area contributed by atoms with E-state index in [1.807, 2.05) is 26.2 Å². The van der Waals surface area contributed by atoms with Crippen LogP contribution in [0.2, 0.25) is 26.2 Å². The molecule has 1 aromatic rings. The molecule has 32 heavy (non-hydrogen) atoms.